The van der Waals surface area contributed by atoms with Crippen LogP contribution >= 0.6 is 15.9 Å². The molecular formula is C11H18BrN3O. The Kier molecular flexibility index (Phi) is 5.02. The van der Waals surface area contributed by atoms with Crippen molar-refractivity contribution in [1.29, 1.82) is 0 Å². The van der Waals surface area contributed by atoms with Crippen molar-refractivity contribution in [1.82, 2.24) is 4.98 Å². The molecule has 5 heteroatoms. The molecule has 1 heterocycles. The second-order valence-corrected chi connectivity index (χ2v) is 5.10. The fourth-order valence-electron chi connectivity index (χ4n) is 1.48. The minimum atomic E-state index is -0.362. The minimum absolute atomic E-state index is 0.362. The topological polar surface area (TPSA) is 71.2 Å². The maximum Gasteiger partial charge on any atom is 0.0750 e. The van der Waals surface area contributed by atoms with E-state index < -0.39 is 0 Å². The second-order valence-electron chi connectivity index (χ2n) is 4.25. The van der Waals surface area contributed by atoms with Gasteiger partial charge in [-0.25, -0.2) is 0 Å². The highest BCUT2D eigenvalue weighted by molar-refractivity contribution is 9.10. The number of aliphatic hydroxyl groups excluding tert-OH is 1. The van der Waals surface area contributed by atoms with Gasteiger partial charge in [0, 0.05) is 12.7 Å². The van der Waals surface area contributed by atoms with Crippen LogP contribution in [0.4, 0.5) is 11.4 Å². The smallest absolute Gasteiger partial charge is 0.0750 e. The summed E-state index contributed by atoms with van der Waals surface area (Å²) < 4.78 is 0.809. The maximum atomic E-state index is 9.73. The van der Waals surface area contributed by atoms with Gasteiger partial charge in [-0.2, -0.15) is 0 Å². The van der Waals surface area contributed by atoms with Crippen molar-refractivity contribution in [2.45, 2.75) is 26.4 Å². The number of hydrogen-bond donors (Lipinski definition) is 3. The number of halogens is 1. The number of hydrogen-bond acceptors (Lipinski definition) is 4. The van der Waals surface area contributed by atoms with Crippen LogP contribution in [0.15, 0.2) is 16.9 Å². The zero-order valence-corrected chi connectivity index (χ0v) is 11.2. The molecule has 1 aromatic rings. The molecule has 0 aromatic carbocycles. The Balaban J connectivity index is 2.54. The van der Waals surface area contributed by atoms with Gasteiger partial charge >= 0.3 is 0 Å². The number of nitrogens with one attached hydrogen (secondary N) is 1. The van der Waals surface area contributed by atoms with Gasteiger partial charge in [0.15, 0.2) is 0 Å². The summed E-state index contributed by atoms with van der Waals surface area (Å²) in [5, 5.41) is 12.9. The van der Waals surface area contributed by atoms with Crippen LogP contribution in [-0.2, 0) is 0 Å². The average molecular weight is 288 g/mol. The van der Waals surface area contributed by atoms with Crippen LogP contribution < -0.4 is 11.1 Å². The molecule has 0 aliphatic rings. The molecule has 0 aliphatic carbocycles. The Labute approximate surface area is 104 Å². The highest BCUT2D eigenvalue weighted by Crippen LogP contribution is 2.26. The second kappa shape index (κ2) is 6.06. The number of rotatable bonds is 5. The predicted octanol–water partition coefficient (Wildman–Crippen LogP) is 2.25. The van der Waals surface area contributed by atoms with E-state index in [1.165, 1.54) is 0 Å². The molecule has 1 rings (SSSR count). The number of nitrogen functional groups attached to an aromatic ring is 1. The van der Waals surface area contributed by atoms with Crippen molar-refractivity contribution in [3.8, 4) is 0 Å². The first-order valence-electron chi connectivity index (χ1n) is 5.31. The number of aromatic nitrogens is 1. The first-order chi connectivity index (χ1) is 7.50. The summed E-state index contributed by atoms with van der Waals surface area (Å²) in [4.78, 5) is 3.95. The van der Waals surface area contributed by atoms with Gasteiger partial charge < -0.3 is 16.2 Å². The van der Waals surface area contributed by atoms with E-state index in [9.17, 15) is 5.11 Å². The average Bonchev–Trinajstić information content (AvgIpc) is 2.15. The van der Waals surface area contributed by atoms with Gasteiger partial charge in [-0.3, -0.25) is 4.98 Å². The Morgan fingerprint density at radius 1 is 1.50 bits per heavy atom. The van der Waals surface area contributed by atoms with Crippen LogP contribution in [-0.4, -0.2) is 22.7 Å². The fraction of sp³-hybridized carbons (Fsp3) is 0.545. The molecule has 16 heavy (non-hydrogen) atoms. The lowest BCUT2D eigenvalue weighted by atomic mass is 10.1. The van der Waals surface area contributed by atoms with Crippen LogP contribution in [0.25, 0.3) is 0 Å². The minimum Gasteiger partial charge on any atom is -0.396 e. The molecule has 0 fully saturated rings. The maximum absolute atomic E-state index is 9.73. The highest BCUT2D eigenvalue weighted by atomic mass is 79.9. The molecule has 1 aromatic heterocycles. The zero-order chi connectivity index (χ0) is 12.1. The molecular weight excluding hydrogens is 270 g/mol. The van der Waals surface area contributed by atoms with Crippen molar-refractivity contribution in [3.63, 3.8) is 0 Å². The van der Waals surface area contributed by atoms with E-state index in [0.717, 1.165) is 16.6 Å². The Morgan fingerprint density at radius 2 is 2.19 bits per heavy atom. The molecule has 4 nitrogen and oxygen atoms in total. The van der Waals surface area contributed by atoms with Crippen molar-refractivity contribution in [2.75, 3.05) is 17.6 Å². The van der Waals surface area contributed by atoms with Crippen LogP contribution in [0.5, 0.6) is 0 Å². The molecule has 0 amide bonds. The van der Waals surface area contributed by atoms with Gasteiger partial charge in [0.05, 0.1) is 28.1 Å². The third-order valence-electron chi connectivity index (χ3n) is 2.19. The molecule has 0 saturated heterocycles. The van der Waals surface area contributed by atoms with Gasteiger partial charge in [-0.1, -0.05) is 13.8 Å². The fourth-order valence-corrected chi connectivity index (χ4v) is 1.97. The first kappa shape index (κ1) is 13.3. The van der Waals surface area contributed by atoms with Crippen molar-refractivity contribution >= 4 is 27.3 Å². The number of pyridine rings is 1. The molecule has 0 spiro atoms. The number of nitrogens with two attached hydrogens (primary N) is 1. The summed E-state index contributed by atoms with van der Waals surface area (Å²) in [6.45, 7) is 4.66. The molecule has 1 atom stereocenters. The standard InChI is InChI=1S/C11H18BrN3O/c1-7(2)3-8(16)4-15-11-9(12)5-14-6-10(11)13/h5-8,16H,3-4,13H2,1-2H3,(H,14,15). The highest BCUT2D eigenvalue weighted by Gasteiger charge is 2.09. The molecule has 90 valence electrons. The van der Waals surface area contributed by atoms with Crippen molar-refractivity contribution in [3.05, 3.63) is 16.9 Å². The normalized spacial score (nSPS) is 12.8. The van der Waals surface area contributed by atoms with Crippen molar-refractivity contribution in [2.24, 2.45) is 5.92 Å². The Bertz CT molecular complexity index is 324. The lowest BCUT2D eigenvalue weighted by Crippen LogP contribution is -2.21. The molecule has 0 radical (unpaired) electrons. The largest absolute Gasteiger partial charge is 0.396 e. The van der Waals surface area contributed by atoms with Gasteiger partial charge in [0.25, 0.3) is 0 Å². The summed E-state index contributed by atoms with van der Waals surface area (Å²) in [6.07, 6.45) is 3.67. The van der Waals surface area contributed by atoms with Gasteiger partial charge in [0.1, 0.15) is 0 Å². The van der Waals surface area contributed by atoms with E-state index in [4.69, 9.17) is 5.73 Å². The lowest BCUT2D eigenvalue weighted by molar-refractivity contribution is 0.161. The number of nitrogens with zero attached hydrogens (tertiary/aromatic N) is 1. The van der Waals surface area contributed by atoms with Crippen molar-refractivity contribution < 1.29 is 5.11 Å². The van der Waals surface area contributed by atoms with Crippen LogP contribution in [0.1, 0.15) is 20.3 Å². The summed E-state index contributed by atoms with van der Waals surface area (Å²) in [5.41, 5.74) is 7.14. The third kappa shape index (κ3) is 3.98. The van der Waals surface area contributed by atoms with E-state index in [1.54, 1.807) is 12.4 Å². The monoisotopic (exact) mass is 287 g/mol. The van der Waals surface area contributed by atoms with Gasteiger partial charge in [0.2, 0.25) is 0 Å². The molecule has 4 N–H and O–H groups in total. The predicted molar refractivity (Wildman–Crippen MR) is 70.3 cm³/mol. The zero-order valence-electron chi connectivity index (χ0n) is 9.57. The van der Waals surface area contributed by atoms with E-state index in [1.807, 2.05) is 0 Å². The number of aliphatic hydroxyl groups is 1. The van der Waals surface area contributed by atoms with E-state index >= 15 is 0 Å². The SMILES string of the molecule is CC(C)CC(O)CNc1c(N)cncc1Br. The Hall–Kier alpha value is -0.810. The van der Waals surface area contributed by atoms with Gasteiger partial charge in [-0.05, 0) is 28.3 Å². The Morgan fingerprint density at radius 3 is 2.75 bits per heavy atom. The molecule has 1 unspecified atom stereocenters. The summed E-state index contributed by atoms with van der Waals surface area (Å²) in [6, 6.07) is 0. The van der Waals surface area contributed by atoms with E-state index in [-0.39, 0.29) is 6.10 Å². The van der Waals surface area contributed by atoms with Crippen LogP contribution in [0.3, 0.4) is 0 Å². The summed E-state index contributed by atoms with van der Waals surface area (Å²) >= 11 is 3.36. The molecule has 0 bridgehead atoms. The molecule has 0 saturated carbocycles. The third-order valence-corrected chi connectivity index (χ3v) is 2.79. The summed E-state index contributed by atoms with van der Waals surface area (Å²) in [5.74, 6) is 0.482. The first-order valence-corrected chi connectivity index (χ1v) is 6.11. The van der Waals surface area contributed by atoms with E-state index in [2.05, 4.69) is 40.1 Å². The quantitative estimate of drug-likeness (QED) is 0.777. The number of anilines is 2. The van der Waals surface area contributed by atoms with Gasteiger partial charge in [-0.15, -0.1) is 0 Å². The summed E-state index contributed by atoms with van der Waals surface area (Å²) in [7, 11) is 0. The molecule has 0 aliphatic heterocycles. The van der Waals surface area contributed by atoms with E-state index in [0.29, 0.717) is 18.2 Å². The van der Waals surface area contributed by atoms with Crippen LogP contribution in [0.2, 0.25) is 0 Å². The van der Waals surface area contributed by atoms with Crippen LogP contribution in [0, 0.1) is 5.92 Å². The lowest BCUT2D eigenvalue weighted by Gasteiger charge is -2.16.